The Bertz CT molecular complexity index is 627. The Hall–Kier alpha value is -2.23. The molecule has 1 heterocycles. The van der Waals surface area contributed by atoms with Crippen LogP contribution in [0.2, 0.25) is 0 Å². The van der Waals surface area contributed by atoms with Crippen molar-refractivity contribution in [3.63, 3.8) is 0 Å². The quantitative estimate of drug-likeness (QED) is 0.653. The van der Waals surface area contributed by atoms with Crippen molar-refractivity contribution in [1.82, 2.24) is 9.88 Å². The number of benzene rings is 1. The van der Waals surface area contributed by atoms with Crippen molar-refractivity contribution < 1.29 is 4.79 Å². The standard InChI is InChI=1S/C15H19N3O/c1-4-18(9-10(2)3)15(19)14-8-11-7-12(16)5-6-13(11)17-14/h5-8,17H,2,4,9,16H2,1,3H3. The van der Waals surface area contributed by atoms with Crippen LogP contribution in [0, 0.1) is 0 Å². The van der Waals surface area contributed by atoms with Gasteiger partial charge < -0.3 is 15.6 Å². The van der Waals surface area contributed by atoms with E-state index in [1.165, 1.54) is 0 Å². The van der Waals surface area contributed by atoms with Gasteiger partial charge in [-0.1, -0.05) is 12.2 Å². The number of likely N-dealkylation sites (N-methyl/N-ethyl adjacent to an activating group) is 1. The van der Waals surface area contributed by atoms with Crippen molar-refractivity contribution in [2.24, 2.45) is 0 Å². The Morgan fingerprint density at radius 3 is 2.79 bits per heavy atom. The number of aromatic nitrogens is 1. The fourth-order valence-electron chi connectivity index (χ4n) is 2.09. The van der Waals surface area contributed by atoms with Gasteiger partial charge in [-0.25, -0.2) is 0 Å². The molecule has 0 saturated carbocycles. The Morgan fingerprint density at radius 2 is 2.16 bits per heavy atom. The first-order chi connectivity index (χ1) is 9.01. The second-order valence-electron chi connectivity index (χ2n) is 4.81. The zero-order valence-corrected chi connectivity index (χ0v) is 11.4. The smallest absolute Gasteiger partial charge is 0.270 e. The molecule has 0 unspecified atom stereocenters. The van der Waals surface area contributed by atoms with E-state index in [1.54, 1.807) is 4.90 Å². The maximum atomic E-state index is 12.4. The van der Waals surface area contributed by atoms with Gasteiger partial charge in [0.15, 0.2) is 0 Å². The molecule has 0 aliphatic heterocycles. The number of amides is 1. The first-order valence-electron chi connectivity index (χ1n) is 6.33. The van der Waals surface area contributed by atoms with Crippen LogP contribution in [0.1, 0.15) is 24.3 Å². The first-order valence-corrected chi connectivity index (χ1v) is 6.33. The van der Waals surface area contributed by atoms with Crippen LogP contribution in [-0.2, 0) is 0 Å². The molecule has 4 heteroatoms. The third kappa shape index (κ3) is 2.78. The van der Waals surface area contributed by atoms with E-state index in [0.717, 1.165) is 16.5 Å². The molecule has 4 nitrogen and oxygen atoms in total. The molecular formula is C15H19N3O. The monoisotopic (exact) mass is 257 g/mol. The van der Waals surface area contributed by atoms with Crippen LogP contribution in [0.5, 0.6) is 0 Å². The number of nitrogen functional groups attached to an aromatic ring is 1. The van der Waals surface area contributed by atoms with E-state index in [0.29, 0.717) is 24.5 Å². The number of nitrogens with zero attached hydrogens (tertiary/aromatic N) is 1. The SMILES string of the molecule is C=C(C)CN(CC)C(=O)c1cc2cc(N)ccc2[nH]1. The first kappa shape index (κ1) is 13.2. The highest BCUT2D eigenvalue weighted by Crippen LogP contribution is 2.19. The highest BCUT2D eigenvalue weighted by molar-refractivity contribution is 5.98. The zero-order chi connectivity index (χ0) is 14.0. The molecule has 1 aromatic heterocycles. The normalized spacial score (nSPS) is 10.6. The van der Waals surface area contributed by atoms with Crippen LogP contribution in [0.25, 0.3) is 10.9 Å². The minimum atomic E-state index is -0.0136. The number of fused-ring (bicyclic) bond motifs is 1. The minimum Gasteiger partial charge on any atom is -0.399 e. The second-order valence-corrected chi connectivity index (χ2v) is 4.81. The molecule has 2 rings (SSSR count). The Labute approximate surface area is 112 Å². The lowest BCUT2D eigenvalue weighted by Crippen LogP contribution is -2.32. The average molecular weight is 257 g/mol. The summed E-state index contributed by atoms with van der Waals surface area (Å²) in [4.78, 5) is 17.3. The third-order valence-electron chi connectivity index (χ3n) is 3.00. The highest BCUT2D eigenvalue weighted by atomic mass is 16.2. The zero-order valence-electron chi connectivity index (χ0n) is 11.4. The molecule has 3 N–H and O–H groups in total. The van der Waals surface area contributed by atoms with E-state index in [1.807, 2.05) is 38.1 Å². The van der Waals surface area contributed by atoms with Crippen molar-refractivity contribution in [2.45, 2.75) is 13.8 Å². The van der Waals surface area contributed by atoms with Gasteiger partial charge >= 0.3 is 0 Å². The van der Waals surface area contributed by atoms with Gasteiger partial charge in [-0.2, -0.15) is 0 Å². The lowest BCUT2D eigenvalue weighted by molar-refractivity contribution is 0.0773. The molecule has 0 spiro atoms. The summed E-state index contributed by atoms with van der Waals surface area (Å²) in [5.74, 6) is -0.0136. The number of aromatic amines is 1. The number of hydrogen-bond donors (Lipinski definition) is 2. The highest BCUT2D eigenvalue weighted by Gasteiger charge is 2.16. The summed E-state index contributed by atoms with van der Waals surface area (Å²) in [7, 11) is 0. The molecular weight excluding hydrogens is 238 g/mol. The largest absolute Gasteiger partial charge is 0.399 e. The fourth-order valence-corrected chi connectivity index (χ4v) is 2.09. The summed E-state index contributed by atoms with van der Waals surface area (Å²) < 4.78 is 0. The summed E-state index contributed by atoms with van der Waals surface area (Å²) in [6.07, 6.45) is 0. The van der Waals surface area contributed by atoms with E-state index < -0.39 is 0 Å². The van der Waals surface area contributed by atoms with Crippen LogP contribution < -0.4 is 5.73 Å². The van der Waals surface area contributed by atoms with Crippen molar-refractivity contribution in [3.8, 4) is 0 Å². The lowest BCUT2D eigenvalue weighted by Gasteiger charge is -2.20. The van der Waals surface area contributed by atoms with E-state index in [-0.39, 0.29) is 5.91 Å². The third-order valence-corrected chi connectivity index (χ3v) is 3.00. The van der Waals surface area contributed by atoms with Crippen LogP contribution in [0.4, 0.5) is 5.69 Å². The van der Waals surface area contributed by atoms with Gasteiger partial charge in [0.05, 0.1) is 0 Å². The van der Waals surface area contributed by atoms with Gasteiger partial charge in [0.2, 0.25) is 0 Å². The molecule has 0 fully saturated rings. The van der Waals surface area contributed by atoms with Crippen molar-refractivity contribution >= 4 is 22.5 Å². The average Bonchev–Trinajstić information content (AvgIpc) is 2.77. The van der Waals surface area contributed by atoms with Gasteiger partial charge in [0.1, 0.15) is 5.69 Å². The van der Waals surface area contributed by atoms with Crippen molar-refractivity contribution in [3.05, 3.63) is 42.1 Å². The number of carbonyl (C=O) groups is 1. The Morgan fingerprint density at radius 1 is 1.42 bits per heavy atom. The van der Waals surface area contributed by atoms with Crippen molar-refractivity contribution in [2.75, 3.05) is 18.8 Å². The molecule has 0 aliphatic carbocycles. The van der Waals surface area contributed by atoms with E-state index in [4.69, 9.17) is 5.73 Å². The molecule has 0 bridgehead atoms. The predicted octanol–water partition coefficient (Wildman–Crippen LogP) is 2.79. The second kappa shape index (κ2) is 5.18. The molecule has 0 aliphatic rings. The molecule has 100 valence electrons. The molecule has 2 aromatic rings. The van der Waals surface area contributed by atoms with Gasteiger partial charge in [-0.15, -0.1) is 0 Å². The number of hydrogen-bond acceptors (Lipinski definition) is 2. The fraction of sp³-hybridized carbons (Fsp3) is 0.267. The summed E-state index contributed by atoms with van der Waals surface area (Å²) in [5.41, 5.74) is 8.91. The maximum absolute atomic E-state index is 12.4. The summed E-state index contributed by atoms with van der Waals surface area (Å²) in [6.45, 7) is 8.96. The lowest BCUT2D eigenvalue weighted by atomic mass is 10.2. The number of H-pyrrole nitrogens is 1. The Kier molecular flexibility index (Phi) is 3.60. The molecule has 1 aromatic carbocycles. The molecule has 19 heavy (non-hydrogen) atoms. The number of nitrogens with two attached hydrogens (primary N) is 1. The molecule has 0 saturated heterocycles. The number of nitrogens with one attached hydrogen (secondary N) is 1. The van der Waals surface area contributed by atoms with Gasteiger partial charge in [0, 0.05) is 29.7 Å². The van der Waals surface area contributed by atoms with Gasteiger partial charge in [-0.05, 0) is 38.1 Å². The van der Waals surface area contributed by atoms with E-state index in [9.17, 15) is 4.79 Å². The van der Waals surface area contributed by atoms with Crippen molar-refractivity contribution in [1.29, 1.82) is 0 Å². The predicted molar refractivity (Wildman–Crippen MR) is 79.1 cm³/mol. The topological polar surface area (TPSA) is 62.1 Å². The number of rotatable bonds is 4. The molecule has 0 radical (unpaired) electrons. The maximum Gasteiger partial charge on any atom is 0.270 e. The summed E-state index contributed by atoms with van der Waals surface area (Å²) >= 11 is 0. The van der Waals surface area contributed by atoms with Crippen LogP contribution >= 0.6 is 0 Å². The molecule has 1 amide bonds. The summed E-state index contributed by atoms with van der Waals surface area (Å²) in [5, 5.41) is 0.953. The summed E-state index contributed by atoms with van der Waals surface area (Å²) in [6, 6.07) is 7.40. The van der Waals surface area contributed by atoms with Crippen LogP contribution in [0.15, 0.2) is 36.4 Å². The number of carbonyl (C=O) groups excluding carboxylic acids is 1. The minimum absolute atomic E-state index is 0.0136. The van der Waals surface area contributed by atoms with E-state index in [2.05, 4.69) is 11.6 Å². The van der Waals surface area contributed by atoms with Gasteiger partial charge in [-0.3, -0.25) is 4.79 Å². The van der Waals surface area contributed by atoms with E-state index >= 15 is 0 Å². The Balaban J connectivity index is 2.32. The molecule has 0 atom stereocenters. The van der Waals surface area contributed by atoms with Gasteiger partial charge in [0.25, 0.3) is 5.91 Å². The van der Waals surface area contributed by atoms with Crippen LogP contribution in [-0.4, -0.2) is 28.9 Å². The van der Waals surface area contributed by atoms with Crippen LogP contribution in [0.3, 0.4) is 0 Å². The number of anilines is 1.